The number of benzene rings is 2. The van der Waals surface area contributed by atoms with Crippen LogP contribution in [-0.2, 0) is 16.3 Å². The number of carboxylic acid groups (broad SMARTS) is 1. The summed E-state index contributed by atoms with van der Waals surface area (Å²) in [4.78, 5) is 12.3. The van der Waals surface area contributed by atoms with Gasteiger partial charge in [0.1, 0.15) is 0 Å². The van der Waals surface area contributed by atoms with Crippen LogP contribution in [0.4, 0.5) is 18.9 Å². The SMILES string of the molecule is O=C(O)c1ccc(C=C2CN(c3ccccc3C(F)(F)F)C(S(=O)(=O)O)S2)cc1. The molecule has 1 unspecified atom stereocenters. The molecule has 0 bridgehead atoms. The Morgan fingerprint density at radius 2 is 1.76 bits per heavy atom. The van der Waals surface area contributed by atoms with Crippen molar-refractivity contribution in [1.82, 2.24) is 0 Å². The zero-order valence-electron chi connectivity index (χ0n) is 14.5. The van der Waals surface area contributed by atoms with E-state index < -0.39 is 32.5 Å². The lowest BCUT2D eigenvalue weighted by molar-refractivity contribution is -0.137. The molecule has 6 nitrogen and oxygen atoms in total. The predicted octanol–water partition coefficient (Wildman–Crippen LogP) is 4.17. The fraction of sp³-hybridized carbons (Fsp3) is 0.167. The summed E-state index contributed by atoms with van der Waals surface area (Å²) in [7, 11) is -4.70. The molecular formula is C18H14F3NO5S2. The number of aromatic carboxylic acids is 1. The number of para-hydroxylation sites is 1. The van der Waals surface area contributed by atoms with Crippen LogP contribution >= 0.6 is 11.8 Å². The highest BCUT2D eigenvalue weighted by atomic mass is 32.3. The van der Waals surface area contributed by atoms with Crippen molar-refractivity contribution in [2.24, 2.45) is 0 Å². The number of rotatable bonds is 4. The maximum absolute atomic E-state index is 13.4. The minimum Gasteiger partial charge on any atom is -0.478 e. The van der Waals surface area contributed by atoms with Gasteiger partial charge in [0, 0.05) is 4.91 Å². The summed E-state index contributed by atoms with van der Waals surface area (Å²) in [6, 6.07) is 10.2. The number of nitrogens with zero attached hydrogens (tertiary/aromatic N) is 1. The van der Waals surface area contributed by atoms with Crippen molar-refractivity contribution >= 4 is 39.6 Å². The average Bonchev–Trinajstić information content (AvgIpc) is 3.05. The van der Waals surface area contributed by atoms with Gasteiger partial charge in [0.25, 0.3) is 10.1 Å². The zero-order chi connectivity index (χ0) is 21.4. The van der Waals surface area contributed by atoms with Gasteiger partial charge >= 0.3 is 12.1 Å². The van der Waals surface area contributed by atoms with Gasteiger partial charge in [-0.05, 0) is 35.9 Å². The first kappa shape index (κ1) is 21.2. The van der Waals surface area contributed by atoms with Crippen molar-refractivity contribution in [3.05, 3.63) is 70.1 Å². The molecule has 0 radical (unpaired) electrons. The summed E-state index contributed by atoms with van der Waals surface area (Å²) in [6.07, 6.45) is -3.17. The van der Waals surface area contributed by atoms with Gasteiger partial charge in [0.15, 0.2) is 0 Å². The zero-order valence-corrected chi connectivity index (χ0v) is 16.1. The number of carboxylic acids is 1. The lowest BCUT2D eigenvalue weighted by atomic mass is 10.1. The molecule has 1 saturated heterocycles. The number of thioether (sulfide) groups is 1. The standard InChI is InChI=1S/C18H14F3NO5S2/c19-18(20,21)14-3-1-2-4-15(14)22-10-13(28-17(22)29(25,26)27)9-11-5-7-12(8-6-11)16(23)24/h1-9,17H,10H2,(H,23,24)(H,25,26,27). The lowest BCUT2D eigenvalue weighted by Gasteiger charge is -2.26. The number of alkyl halides is 3. The molecule has 0 saturated carbocycles. The van der Waals surface area contributed by atoms with Crippen molar-refractivity contribution in [3.8, 4) is 0 Å². The van der Waals surface area contributed by atoms with Gasteiger partial charge in [-0.2, -0.15) is 21.6 Å². The molecule has 1 aliphatic rings. The molecule has 1 heterocycles. The molecule has 2 N–H and O–H groups in total. The van der Waals surface area contributed by atoms with E-state index in [1.54, 1.807) is 0 Å². The molecule has 11 heteroatoms. The first-order valence-electron chi connectivity index (χ1n) is 8.06. The number of hydrogen-bond donors (Lipinski definition) is 2. The van der Waals surface area contributed by atoms with E-state index in [9.17, 15) is 30.9 Å². The molecule has 29 heavy (non-hydrogen) atoms. The van der Waals surface area contributed by atoms with Gasteiger partial charge in [-0.1, -0.05) is 36.0 Å². The Kier molecular flexibility index (Phi) is 5.65. The van der Waals surface area contributed by atoms with E-state index in [4.69, 9.17) is 5.11 Å². The number of anilines is 1. The highest BCUT2D eigenvalue weighted by molar-refractivity contribution is 8.14. The van der Waals surface area contributed by atoms with E-state index in [-0.39, 0.29) is 17.8 Å². The van der Waals surface area contributed by atoms with E-state index in [2.05, 4.69) is 0 Å². The maximum Gasteiger partial charge on any atom is 0.418 e. The van der Waals surface area contributed by atoms with Crippen LogP contribution in [0.1, 0.15) is 21.5 Å². The minimum atomic E-state index is -4.70. The molecule has 3 rings (SSSR count). The van der Waals surface area contributed by atoms with Crippen LogP contribution in [0.3, 0.4) is 0 Å². The predicted molar refractivity (Wildman–Crippen MR) is 103 cm³/mol. The van der Waals surface area contributed by atoms with Gasteiger partial charge in [0.05, 0.1) is 23.4 Å². The minimum absolute atomic E-state index is 0.0581. The lowest BCUT2D eigenvalue weighted by Crippen LogP contribution is -2.35. The highest BCUT2D eigenvalue weighted by Crippen LogP contribution is 2.44. The van der Waals surface area contributed by atoms with Crippen molar-refractivity contribution in [3.63, 3.8) is 0 Å². The van der Waals surface area contributed by atoms with Crippen LogP contribution in [0.5, 0.6) is 0 Å². The third-order valence-corrected chi connectivity index (χ3v) is 6.88. The number of halogens is 3. The molecule has 0 amide bonds. The summed E-state index contributed by atoms with van der Waals surface area (Å²) in [6.45, 7) is -0.178. The molecule has 1 fully saturated rings. The summed E-state index contributed by atoms with van der Waals surface area (Å²) in [5.74, 6) is -1.11. The van der Waals surface area contributed by atoms with Crippen molar-refractivity contribution in [1.29, 1.82) is 0 Å². The fourth-order valence-corrected chi connectivity index (χ4v) is 5.20. The smallest absolute Gasteiger partial charge is 0.418 e. The largest absolute Gasteiger partial charge is 0.478 e. The van der Waals surface area contributed by atoms with Crippen LogP contribution in [-0.4, -0.2) is 35.3 Å². The van der Waals surface area contributed by atoms with Crippen LogP contribution in [0.25, 0.3) is 6.08 Å². The van der Waals surface area contributed by atoms with Crippen LogP contribution in [0.15, 0.2) is 53.4 Å². The first-order valence-corrected chi connectivity index (χ1v) is 10.4. The van der Waals surface area contributed by atoms with Crippen LogP contribution in [0, 0.1) is 0 Å². The van der Waals surface area contributed by atoms with Crippen LogP contribution < -0.4 is 4.90 Å². The number of hydrogen-bond acceptors (Lipinski definition) is 5. The molecule has 0 aromatic heterocycles. The Labute approximate surface area is 168 Å². The Hall–Kier alpha value is -2.50. The average molecular weight is 445 g/mol. The Morgan fingerprint density at radius 1 is 1.14 bits per heavy atom. The summed E-state index contributed by atoms with van der Waals surface area (Å²) in [5, 5.41) is 8.92. The summed E-state index contributed by atoms with van der Waals surface area (Å²) < 4.78 is 71.6. The van der Waals surface area contributed by atoms with Crippen molar-refractivity contribution in [2.45, 2.75) is 10.9 Å². The van der Waals surface area contributed by atoms with E-state index in [1.807, 2.05) is 0 Å². The summed E-state index contributed by atoms with van der Waals surface area (Å²) >= 11 is 0.711. The fourth-order valence-electron chi connectivity index (χ4n) is 2.84. The third kappa shape index (κ3) is 4.74. The van der Waals surface area contributed by atoms with Crippen LogP contribution in [0.2, 0.25) is 0 Å². The molecule has 1 atom stereocenters. The molecule has 0 spiro atoms. The quantitative estimate of drug-likeness (QED) is 0.682. The molecule has 2 aromatic rings. The first-order chi connectivity index (χ1) is 13.5. The van der Waals surface area contributed by atoms with E-state index in [0.29, 0.717) is 22.2 Å². The maximum atomic E-state index is 13.4. The highest BCUT2D eigenvalue weighted by Gasteiger charge is 2.42. The van der Waals surface area contributed by atoms with Crippen molar-refractivity contribution in [2.75, 3.05) is 11.4 Å². The number of carbonyl (C=O) groups is 1. The second kappa shape index (κ2) is 7.73. The van der Waals surface area contributed by atoms with E-state index in [0.717, 1.165) is 17.0 Å². The second-order valence-corrected chi connectivity index (χ2v) is 9.10. The topological polar surface area (TPSA) is 94.9 Å². The molecule has 2 aromatic carbocycles. The monoisotopic (exact) mass is 445 g/mol. The van der Waals surface area contributed by atoms with E-state index in [1.165, 1.54) is 42.5 Å². The van der Waals surface area contributed by atoms with Gasteiger partial charge < -0.3 is 10.0 Å². The van der Waals surface area contributed by atoms with Gasteiger partial charge in [0.2, 0.25) is 4.71 Å². The third-order valence-electron chi connectivity index (χ3n) is 4.09. The van der Waals surface area contributed by atoms with Gasteiger partial charge in [-0.15, -0.1) is 0 Å². The van der Waals surface area contributed by atoms with Gasteiger partial charge in [-0.25, -0.2) is 4.79 Å². The van der Waals surface area contributed by atoms with Crippen molar-refractivity contribution < 1.29 is 36.0 Å². The molecule has 1 aliphatic heterocycles. The van der Waals surface area contributed by atoms with E-state index >= 15 is 0 Å². The molecular weight excluding hydrogens is 431 g/mol. The Bertz CT molecular complexity index is 1070. The summed E-state index contributed by atoms with van der Waals surface area (Å²) in [5.41, 5.74) is -0.777. The molecule has 154 valence electrons. The molecule has 0 aliphatic carbocycles. The normalized spacial score (nSPS) is 19.0. The Morgan fingerprint density at radius 3 is 2.31 bits per heavy atom. The second-order valence-electron chi connectivity index (χ2n) is 6.12. The van der Waals surface area contributed by atoms with Gasteiger partial charge in [-0.3, -0.25) is 4.55 Å². The Balaban J connectivity index is 2.00.